The van der Waals surface area contributed by atoms with Gasteiger partial charge >= 0.3 is 6.09 Å². The molecule has 1 amide bonds. The molecule has 2 unspecified atom stereocenters. The lowest BCUT2D eigenvalue weighted by Crippen LogP contribution is -2.44. The number of hydrogen-bond donors (Lipinski definition) is 1. The van der Waals surface area contributed by atoms with Gasteiger partial charge in [0.25, 0.3) is 0 Å². The molecule has 0 aliphatic carbocycles. The fraction of sp³-hybridized carbons (Fsp3) is 0.929. The summed E-state index contributed by atoms with van der Waals surface area (Å²) in [6.45, 7) is 10.6. The van der Waals surface area contributed by atoms with E-state index in [1.165, 1.54) is 0 Å². The van der Waals surface area contributed by atoms with Gasteiger partial charge < -0.3 is 15.0 Å². The molecule has 2 atom stereocenters. The number of rotatable bonds is 5. The van der Waals surface area contributed by atoms with Crippen molar-refractivity contribution < 1.29 is 9.53 Å². The normalized spacial score (nSPS) is 21.5. The van der Waals surface area contributed by atoms with E-state index in [2.05, 4.69) is 18.5 Å². The lowest BCUT2D eigenvalue weighted by molar-refractivity contribution is 0.0227. The quantitative estimate of drug-likeness (QED) is 0.844. The van der Waals surface area contributed by atoms with Crippen LogP contribution in [0.4, 0.5) is 4.79 Å². The Hall–Kier alpha value is -0.420. The average Bonchev–Trinajstić information content (AvgIpc) is 2.75. The lowest BCUT2D eigenvalue weighted by atomic mass is 10.2. The summed E-state index contributed by atoms with van der Waals surface area (Å²) in [7, 11) is 0. The summed E-state index contributed by atoms with van der Waals surface area (Å²) < 4.78 is 5.46. The maximum absolute atomic E-state index is 12.1. The molecule has 0 spiro atoms. The van der Waals surface area contributed by atoms with Crippen LogP contribution in [0.25, 0.3) is 0 Å². The van der Waals surface area contributed by atoms with Crippen LogP contribution in [0.2, 0.25) is 0 Å². The molecule has 1 rings (SSSR count). The van der Waals surface area contributed by atoms with E-state index in [9.17, 15) is 4.79 Å². The first-order chi connectivity index (χ1) is 8.83. The molecule has 1 N–H and O–H groups in total. The Labute approximate surface area is 121 Å². The summed E-state index contributed by atoms with van der Waals surface area (Å²) in [5.41, 5.74) is -0.412. The molecule has 0 aromatic heterocycles. The molecule has 0 aromatic carbocycles. The third-order valence-corrected chi connectivity index (χ3v) is 4.19. The zero-order valence-electron chi connectivity index (χ0n) is 12.9. The highest BCUT2D eigenvalue weighted by atomic mass is 32.2. The zero-order valence-corrected chi connectivity index (χ0v) is 13.7. The first-order valence-electron chi connectivity index (χ1n) is 7.06. The summed E-state index contributed by atoms with van der Waals surface area (Å²) in [5, 5.41) is 4.06. The van der Waals surface area contributed by atoms with Crippen molar-refractivity contribution in [1.29, 1.82) is 0 Å². The standard InChI is InChI=1S/C14H28N2O2S/c1-11(19-5)9-15-10-12-7-6-8-16(12)13(17)18-14(2,3)4/h11-12,15H,6-10H2,1-5H3. The Bertz CT molecular complexity index is 292. The van der Waals surface area contributed by atoms with Gasteiger partial charge in [0.1, 0.15) is 5.60 Å². The molecule has 19 heavy (non-hydrogen) atoms. The van der Waals surface area contributed by atoms with Crippen LogP contribution in [0, 0.1) is 0 Å². The van der Waals surface area contributed by atoms with Crippen molar-refractivity contribution in [3.8, 4) is 0 Å². The highest BCUT2D eigenvalue weighted by Crippen LogP contribution is 2.20. The van der Waals surface area contributed by atoms with Crippen molar-refractivity contribution in [2.75, 3.05) is 25.9 Å². The molecular weight excluding hydrogens is 260 g/mol. The predicted molar refractivity (Wildman–Crippen MR) is 81.8 cm³/mol. The summed E-state index contributed by atoms with van der Waals surface area (Å²) in [5.74, 6) is 0. The Kier molecular flexibility index (Phi) is 6.47. The summed E-state index contributed by atoms with van der Waals surface area (Å²) in [6, 6.07) is 0.281. The fourth-order valence-electron chi connectivity index (χ4n) is 2.15. The monoisotopic (exact) mass is 288 g/mol. The van der Waals surface area contributed by atoms with E-state index in [1.807, 2.05) is 37.4 Å². The van der Waals surface area contributed by atoms with Crippen molar-refractivity contribution in [2.45, 2.75) is 57.4 Å². The number of likely N-dealkylation sites (tertiary alicyclic amines) is 1. The molecule has 1 aliphatic heterocycles. The number of ether oxygens (including phenoxy) is 1. The Balaban J connectivity index is 2.39. The third kappa shape index (κ3) is 6.04. The number of nitrogens with zero attached hydrogens (tertiary/aromatic N) is 1. The van der Waals surface area contributed by atoms with E-state index in [4.69, 9.17) is 4.74 Å². The molecule has 1 fully saturated rings. The highest BCUT2D eigenvalue weighted by Gasteiger charge is 2.31. The van der Waals surface area contributed by atoms with Crippen molar-refractivity contribution in [3.63, 3.8) is 0 Å². The summed E-state index contributed by atoms with van der Waals surface area (Å²) in [6.07, 6.45) is 4.09. The van der Waals surface area contributed by atoms with Crippen LogP contribution in [-0.2, 0) is 4.74 Å². The Morgan fingerprint density at radius 1 is 1.53 bits per heavy atom. The van der Waals surface area contributed by atoms with Gasteiger partial charge in [0.15, 0.2) is 0 Å². The molecule has 0 bridgehead atoms. The second-order valence-electron chi connectivity index (χ2n) is 6.17. The average molecular weight is 288 g/mol. The molecular formula is C14H28N2O2S. The fourth-order valence-corrected chi connectivity index (χ4v) is 2.43. The number of nitrogens with one attached hydrogen (secondary N) is 1. The van der Waals surface area contributed by atoms with E-state index >= 15 is 0 Å². The van der Waals surface area contributed by atoms with Gasteiger partial charge in [-0.1, -0.05) is 6.92 Å². The Morgan fingerprint density at radius 2 is 2.21 bits per heavy atom. The van der Waals surface area contributed by atoms with Gasteiger partial charge in [-0.25, -0.2) is 4.79 Å². The topological polar surface area (TPSA) is 41.6 Å². The number of carbonyl (C=O) groups excluding carboxylic acids is 1. The van der Waals surface area contributed by atoms with Crippen molar-refractivity contribution in [3.05, 3.63) is 0 Å². The summed E-state index contributed by atoms with van der Waals surface area (Å²) in [4.78, 5) is 14.0. The van der Waals surface area contributed by atoms with Crippen molar-refractivity contribution in [1.82, 2.24) is 10.2 Å². The number of carbonyl (C=O) groups is 1. The molecule has 1 aliphatic rings. The van der Waals surface area contributed by atoms with Gasteiger partial charge in [-0.2, -0.15) is 11.8 Å². The first kappa shape index (κ1) is 16.6. The largest absolute Gasteiger partial charge is 0.444 e. The predicted octanol–water partition coefficient (Wildman–Crippen LogP) is 2.73. The molecule has 1 heterocycles. The number of thioether (sulfide) groups is 1. The molecule has 5 heteroatoms. The molecule has 0 aromatic rings. The molecule has 1 saturated heterocycles. The SMILES string of the molecule is CSC(C)CNCC1CCCN1C(=O)OC(C)(C)C. The van der Waals surface area contributed by atoms with E-state index in [0.717, 1.165) is 32.5 Å². The second kappa shape index (κ2) is 7.39. The minimum Gasteiger partial charge on any atom is -0.444 e. The zero-order chi connectivity index (χ0) is 14.5. The minimum absolute atomic E-state index is 0.172. The van der Waals surface area contributed by atoms with Crippen LogP contribution >= 0.6 is 11.8 Å². The van der Waals surface area contributed by atoms with E-state index in [1.54, 1.807) is 0 Å². The van der Waals surface area contributed by atoms with Crippen molar-refractivity contribution in [2.24, 2.45) is 0 Å². The van der Waals surface area contributed by atoms with Crippen LogP contribution < -0.4 is 5.32 Å². The van der Waals surface area contributed by atoms with Crippen molar-refractivity contribution >= 4 is 17.9 Å². The third-order valence-electron chi connectivity index (χ3n) is 3.22. The maximum Gasteiger partial charge on any atom is 0.410 e. The number of hydrogen-bond acceptors (Lipinski definition) is 4. The van der Waals surface area contributed by atoms with Gasteiger partial charge in [-0.3, -0.25) is 0 Å². The lowest BCUT2D eigenvalue weighted by Gasteiger charge is -2.29. The van der Waals surface area contributed by atoms with Gasteiger partial charge in [-0.15, -0.1) is 0 Å². The van der Waals surface area contributed by atoms with Gasteiger partial charge in [0, 0.05) is 30.9 Å². The maximum atomic E-state index is 12.1. The van der Waals surface area contributed by atoms with Gasteiger partial charge in [-0.05, 0) is 39.9 Å². The highest BCUT2D eigenvalue weighted by molar-refractivity contribution is 7.99. The van der Waals surface area contributed by atoms with E-state index in [-0.39, 0.29) is 12.1 Å². The Morgan fingerprint density at radius 3 is 2.79 bits per heavy atom. The molecule has 112 valence electrons. The van der Waals surface area contributed by atoms with E-state index < -0.39 is 5.60 Å². The summed E-state index contributed by atoms with van der Waals surface area (Å²) >= 11 is 1.85. The van der Waals surface area contributed by atoms with E-state index in [0.29, 0.717) is 5.25 Å². The van der Waals surface area contributed by atoms with Gasteiger partial charge in [0.2, 0.25) is 0 Å². The second-order valence-corrected chi connectivity index (χ2v) is 7.45. The van der Waals surface area contributed by atoms with Crippen LogP contribution in [-0.4, -0.2) is 53.8 Å². The van der Waals surface area contributed by atoms with Crippen LogP contribution in [0.1, 0.15) is 40.5 Å². The van der Waals surface area contributed by atoms with Crippen LogP contribution in [0.15, 0.2) is 0 Å². The molecule has 0 radical (unpaired) electrons. The van der Waals surface area contributed by atoms with Gasteiger partial charge in [0.05, 0.1) is 0 Å². The molecule has 4 nitrogen and oxygen atoms in total. The number of amides is 1. The minimum atomic E-state index is -0.412. The smallest absolute Gasteiger partial charge is 0.410 e. The van der Waals surface area contributed by atoms with Crippen LogP contribution in [0.5, 0.6) is 0 Å². The first-order valence-corrected chi connectivity index (χ1v) is 8.35. The molecule has 0 saturated carbocycles. The van der Waals surface area contributed by atoms with Crippen LogP contribution in [0.3, 0.4) is 0 Å².